The van der Waals surface area contributed by atoms with Crippen LogP contribution in [-0.4, -0.2) is 35.1 Å². The van der Waals surface area contributed by atoms with Gasteiger partial charge in [0.1, 0.15) is 17.4 Å². The molecule has 1 aromatic heterocycles. The largest absolute Gasteiger partial charge is 0.480 e. The van der Waals surface area contributed by atoms with Crippen LogP contribution >= 0.6 is 11.6 Å². The number of carboxylic acids is 1. The summed E-state index contributed by atoms with van der Waals surface area (Å²) in [7, 11) is 0. The predicted molar refractivity (Wildman–Crippen MR) is 113 cm³/mol. The van der Waals surface area contributed by atoms with Crippen molar-refractivity contribution in [3.05, 3.63) is 70.4 Å². The molecule has 0 saturated heterocycles. The molecule has 0 fully saturated rings. The number of carbonyl (C=O) groups excluding carboxylic acids is 1. The number of carbonyl (C=O) groups is 2. The molecule has 3 rings (SSSR count). The van der Waals surface area contributed by atoms with Gasteiger partial charge in [-0.3, -0.25) is 4.79 Å². The monoisotopic (exact) mass is 423 g/mol. The van der Waals surface area contributed by atoms with Crippen molar-refractivity contribution in [2.45, 2.75) is 6.42 Å². The van der Waals surface area contributed by atoms with Gasteiger partial charge < -0.3 is 20.1 Å². The van der Waals surface area contributed by atoms with Crippen molar-refractivity contribution in [1.29, 1.82) is 5.26 Å². The molecular weight excluding hydrogens is 406 g/mol. The SMILES string of the molecule is N#C/C(=C/c1ccc(OCC(=O)O)c(Cl)c1)C(=O)NCCc1c[nH]c2ccccc12. The molecule has 152 valence electrons. The van der Waals surface area contributed by atoms with Gasteiger partial charge in [0, 0.05) is 23.6 Å². The number of nitrogens with zero attached hydrogens (tertiary/aromatic N) is 1. The number of amides is 1. The topological polar surface area (TPSA) is 115 Å². The number of rotatable bonds is 8. The van der Waals surface area contributed by atoms with Gasteiger partial charge in [0.15, 0.2) is 6.61 Å². The van der Waals surface area contributed by atoms with Crippen LogP contribution < -0.4 is 10.1 Å². The number of hydrogen-bond acceptors (Lipinski definition) is 4. The van der Waals surface area contributed by atoms with Crippen molar-refractivity contribution in [2.24, 2.45) is 0 Å². The van der Waals surface area contributed by atoms with E-state index < -0.39 is 18.5 Å². The first-order valence-corrected chi connectivity index (χ1v) is 9.45. The Hall–Kier alpha value is -3.76. The van der Waals surface area contributed by atoms with E-state index in [0.29, 0.717) is 18.5 Å². The van der Waals surface area contributed by atoms with Crippen molar-refractivity contribution in [2.75, 3.05) is 13.2 Å². The Balaban J connectivity index is 1.62. The van der Waals surface area contributed by atoms with Crippen LogP contribution in [0.5, 0.6) is 5.75 Å². The maximum Gasteiger partial charge on any atom is 0.341 e. The summed E-state index contributed by atoms with van der Waals surface area (Å²) in [5.74, 6) is -1.40. The van der Waals surface area contributed by atoms with Gasteiger partial charge in [-0.1, -0.05) is 35.9 Å². The molecule has 0 unspecified atom stereocenters. The minimum Gasteiger partial charge on any atom is -0.480 e. The van der Waals surface area contributed by atoms with Crippen molar-refractivity contribution in [3.8, 4) is 11.8 Å². The molecule has 0 saturated carbocycles. The van der Waals surface area contributed by atoms with Gasteiger partial charge in [-0.2, -0.15) is 5.26 Å². The highest BCUT2D eigenvalue weighted by atomic mass is 35.5. The summed E-state index contributed by atoms with van der Waals surface area (Å²) in [4.78, 5) is 26.1. The second kappa shape index (κ2) is 9.63. The molecule has 0 aliphatic carbocycles. The first kappa shape index (κ1) is 21.0. The standard InChI is InChI=1S/C22H18ClN3O4/c23-18-10-14(5-6-20(18)30-13-21(27)28)9-16(11-24)22(29)25-8-7-15-12-26-19-4-2-1-3-17(15)19/h1-6,9-10,12,26H,7-8,13H2,(H,25,29)(H,27,28)/b16-9-. The zero-order chi connectivity index (χ0) is 21.5. The third kappa shape index (κ3) is 5.19. The maximum atomic E-state index is 12.4. The van der Waals surface area contributed by atoms with Gasteiger partial charge in [0.25, 0.3) is 5.91 Å². The highest BCUT2D eigenvalue weighted by Crippen LogP contribution is 2.26. The van der Waals surface area contributed by atoms with Gasteiger partial charge in [0.2, 0.25) is 0 Å². The number of H-pyrrole nitrogens is 1. The fraction of sp³-hybridized carbons (Fsp3) is 0.136. The molecule has 0 aliphatic rings. The summed E-state index contributed by atoms with van der Waals surface area (Å²) < 4.78 is 5.05. The van der Waals surface area contributed by atoms with Crippen LogP contribution in [0.15, 0.2) is 54.2 Å². The van der Waals surface area contributed by atoms with Crippen LogP contribution in [0.1, 0.15) is 11.1 Å². The Morgan fingerprint density at radius 3 is 2.80 bits per heavy atom. The average Bonchev–Trinajstić information content (AvgIpc) is 3.14. The first-order chi connectivity index (χ1) is 14.5. The Kier molecular flexibility index (Phi) is 6.73. The number of carboxylic acid groups (broad SMARTS) is 1. The molecule has 1 amide bonds. The van der Waals surface area contributed by atoms with E-state index in [2.05, 4.69) is 10.3 Å². The fourth-order valence-corrected chi connectivity index (χ4v) is 3.17. The summed E-state index contributed by atoms with van der Waals surface area (Å²) in [6, 6.07) is 14.4. The van der Waals surface area contributed by atoms with Crippen LogP contribution in [0, 0.1) is 11.3 Å². The molecule has 8 heteroatoms. The second-order valence-electron chi connectivity index (χ2n) is 6.41. The molecule has 0 radical (unpaired) electrons. The number of aromatic amines is 1. The van der Waals surface area contributed by atoms with E-state index in [9.17, 15) is 14.9 Å². The number of nitriles is 1. The highest BCUT2D eigenvalue weighted by Gasteiger charge is 2.11. The number of aromatic nitrogens is 1. The molecule has 0 spiro atoms. The van der Waals surface area contributed by atoms with Crippen LogP contribution in [-0.2, 0) is 16.0 Å². The van der Waals surface area contributed by atoms with Gasteiger partial charge in [0.05, 0.1) is 5.02 Å². The van der Waals surface area contributed by atoms with E-state index in [1.165, 1.54) is 18.2 Å². The molecule has 3 aromatic rings. The fourth-order valence-electron chi connectivity index (χ4n) is 2.92. The number of fused-ring (bicyclic) bond motifs is 1. The molecule has 0 aliphatic heterocycles. The van der Waals surface area contributed by atoms with E-state index in [1.807, 2.05) is 36.5 Å². The van der Waals surface area contributed by atoms with E-state index in [4.69, 9.17) is 21.4 Å². The van der Waals surface area contributed by atoms with Gasteiger partial charge >= 0.3 is 5.97 Å². The van der Waals surface area contributed by atoms with E-state index in [0.717, 1.165) is 16.5 Å². The maximum absolute atomic E-state index is 12.4. The minimum absolute atomic E-state index is 0.0656. The molecule has 2 aromatic carbocycles. The minimum atomic E-state index is -1.12. The summed E-state index contributed by atoms with van der Waals surface area (Å²) in [6.45, 7) is -0.139. The number of hydrogen-bond donors (Lipinski definition) is 3. The molecule has 1 heterocycles. The predicted octanol–water partition coefficient (Wildman–Crippen LogP) is 3.55. The van der Waals surface area contributed by atoms with Gasteiger partial charge in [-0.05, 0) is 41.8 Å². The molecular formula is C22H18ClN3O4. The van der Waals surface area contributed by atoms with Crippen molar-refractivity contribution >= 4 is 40.5 Å². The zero-order valence-corrected chi connectivity index (χ0v) is 16.6. The Morgan fingerprint density at radius 2 is 2.07 bits per heavy atom. The lowest BCUT2D eigenvalue weighted by molar-refractivity contribution is -0.139. The number of nitrogens with one attached hydrogen (secondary N) is 2. The normalized spacial score (nSPS) is 11.1. The van der Waals surface area contributed by atoms with E-state index >= 15 is 0 Å². The number of halogens is 1. The lowest BCUT2D eigenvalue weighted by Crippen LogP contribution is -2.26. The first-order valence-electron chi connectivity index (χ1n) is 9.07. The van der Waals surface area contributed by atoms with Crippen LogP contribution in [0.3, 0.4) is 0 Å². The number of aliphatic carboxylic acids is 1. The molecule has 3 N–H and O–H groups in total. The number of para-hydroxylation sites is 1. The third-order valence-corrected chi connectivity index (χ3v) is 4.63. The van der Waals surface area contributed by atoms with Gasteiger partial charge in [-0.15, -0.1) is 0 Å². The number of benzene rings is 2. The molecule has 0 atom stereocenters. The van der Waals surface area contributed by atoms with Crippen molar-refractivity contribution in [1.82, 2.24) is 10.3 Å². The summed E-state index contributed by atoms with van der Waals surface area (Å²) in [5.41, 5.74) is 2.57. The van der Waals surface area contributed by atoms with Crippen LogP contribution in [0.4, 0.5) is 0 Å². The summed E-state index contributed by atoms with van der Waals surface area (Å²) in [5, 5.41) is 22.0. The lowest BCUT2D eigenvalue weighted by atomic mass is 10.1. The summed E-state index contributed by atoms with van der Waals surface area (Å²) in [6.07, 6.45) is 3.94. The smallest absolute Gasteiger partial charge is 0.341 e. The Labute approximate surface area is 177 Å². The third-order valence-electron chi connectivity index (χ3n) is 4.34. The van der Waals surface area contributed by atoms with Crippen molar-refractivity contribution in [3.63, 3.8) is 0 Å². The molecule has 30 heavy (non-hydrogen) atoms. The molecule has 7 nitrogen and oxygen atoms in total. The Bertz CT molecular complexity index is 1160. The zero-order valence-electron chi connectivity index (χ0n) is 15.8. The number of ether oxygens (including phenoxy) is 1. The van der Waals surface area contributed by atoms with E-state index in [-0.39, 0.29) is 16.3 Å². The highest BCUT2D eigenvalue weighted by molar-refractivity contribution is 6.32. The molecule has 0 bridgehead atoms. The average molecular weight is 424 g/mol. The van der Waals surface area contributed by atoms with Crippen LogP contribution in [0.25, 0.3) is 17.0 Å². The van der Waals surface area contributed by atoms with Crippen LogP contribution in [0.2, 0.25) is 5.02 Å². The Morgan fingerprint density at radius 1 is 1.27 bits per heavy atom. The van der Waals surface area contributed by atoms with Crippen molar-refractivity contribution < 1.29 is 19.4 Å². The summed E-state index contributed by atoms with van der Waals surface area (Å²) >= 11 is 6.07. The lowest BCUT2D eigenvalue weighted by Gasteiger charge is -2.07. The second-order valence-corrected chi connectivity index (χ2v) is 6.81. The quantitative estimate of drug-likeness (QED) is 0.378. The van der Waals surface area contributed by atoms with E-state index in [1.54, 1.807) is 6.07 Å². The van der Waals surface area contributed by atoms with Gasteiger partial charge in [-0.25, -0.2) is 4.79 Å².